The zero-order valence-electron chi connectivity index (χ0n) is 11.6. The van der Waals surface area contributed by atoms with Crippen LogP contribution >= 0.6 is 0 Å². The molecular formula is C14H21NO4S. The molecule has 1 aliphatic rings. The van der Waals surface area contributed by atoms with Crippen molar-refractivity contribution in [3.8, 4) is 0 Å². The number of hydrogen-bond acceptors (Lipinski definition) is 4. The minimum Gasteiger partial charge on any atom is -0.396 e. The van der Waals surface area contributed by atoms with Gasteiger partial charge in [-0.1, -0.05) is 17.7 Å². The summed E-state index contributed by atoms with van der Waals surface area (Å²) in [7, 11) is -3.53. The Morgan fingerprint density at radius 2 is 1.85 bits per heavy atom. The van der Waals surface area contributed by atoms with E-state index < -0.39 is 15.4 Å². The van der Waals surface area contributed by atoms with Gasteiger partial charge in [0.1, 0.15) is 0 Å². The van der Waals surface area contributed by atoms with Crippen molar-refractivity contribution < 1.29 is 18.3 Å². The molecule has 6 heteroatoms. The number of aryl methyl sites for hydroxylation is 1. The van der Waals surface area contributed by atoms with E-state index in [1.807, 2.05) is 6.92 Å². The molecule has 0 radical (unpaired) electrons. The van der Waals surface area contributed by atoms with E-state index in [4.69, 9.17) is 4.74 Å². The van der Waals surface area contributed by atoms with Gasteiger partial charge in [0.05, 0.1) is 11.5 Å². The van der Waals surface area contributed by atoms with Gasteiger partial charge in [-0.2, -0.15) is 0 Å². The SMILES string of the molecule is Cc1ccc(S(=O)(=O)NCC2(CO)CCOCC2)cc1. The first-order chi connectivity index (χ1) is 9.47. The zero-order valence-corrected chi connectivity index (χ0v) is 12.4. The lowest BCUT2D eigenvalue weighted by atomic mass is 9.81. The molecule has 2 N–H and O–H groups in total. The Bertz CT molecular complexity index is 533. The molecule has 0 spiro atoms. The Morgan fingerprint density at radius 3 is 2.40 bits per heavy atom. The van der Waals surface area contributed by atoms with Crippen molar-refractivity contribution in [2.45, 2.75) is 24.7 Å². The van der Waals surface area contributed by atoms with Gasteiger partial charge >= 0.3 is 0 Å². The lowest BCUT2D eigenvalue weighted by molar-refractivity contribution is -0.0126. The van der Waals surface area contributed by atoms with Gasteiger partial charge in [-0.25, -0.2) is 13.1 Å². The quantitative estimate of drug-likeness (QED) is 0.852. The zero-order chi connectivity index (χ0) is 14.6. The van der Waals surface area contributed by atoms with Crippen molar-refractivity contribution in [2.24, 2.45) is 5.41 Å². The van der Waals surface area contributed by atoms with Gasteiger partial charge in [-0.05, 0) is 31.9 Å². The number of nitrogens with one attached hydrogen (secondary N) is 1. The summed E-state index contributed by atoms with van der Waals surface area (Å²) < 4.78 is 32.3. The number of hydrogen-bond donors (Lipinski definition) is 2. The van der Waals surface area contributed by atoms with Crippen LogP contribution in [0.1, 0.15) is 18.4 Å². The monoisotopic (exact) mass is 299 g/mol. The molecule has 20 heavy (non-hydrogen) atoms. The standard InChI is InChI=1S/C14H21NO4S/c1-12-2-4-13(5-3-12)20(17,18)15-10-14(11-16)6-8-19-9-7-14/h2-5,15-16H,6-11H2,1H3. The van der Waals surface area contributed by atoms with Gasteiger partial charge < -0.3 is 9.84 Å². The summed E-state index contributed by atoms with van der Waals surface area (Å²) in [6, 6.07) is 6.72. The van der Waals surface area contributed by atoms with Crippen molar-refractivity contribution in [3.63, 3.8) is 0 Å². The first-order valence-corrected chi connectivity index (χ1v) is 8.21. The second-order valence-corrected chi connectivity index (χ2v) is 7.18. The van der Waals surface area contributed by atoms with Crippen molar-refractivity contribution >= 4 is 10.0 Å². The van der Waals surface area contributed by atoms with Crippen LogP contribution in [0.4, 0.5) is 0 Å². The lowest BCUT2D eigenvalue weighted by Gasteiger charge is -2.35. The minimum atomic E-state index is -3.53. The Balaban J connectivity index is 2.06. The Kier molecular flexibility index (Phi) is 4.80. The fourth-order valence-electron chi connectivity index (χ4n) is 2.24. The highest BCUT2D eigenvalue weighted by Gasteiger charge is 2.33. The number of rotatable bonds is 5. The third-order valence-corrected chi connectivity index (χ3v) is 5.27. The largest absolute Gasteiger partial charge is 0.396 e. The van der Waals surface area contributed by atoms with Crippen LogP contribution in [-0.4, -0.2) is 39.9 Å². The van der Waals surface area contributed by atoms with Crippen molar-refractivity contribution in [1.82, 2.24) is 4.72 Å². The van der Waals surface area contributed by atoms with E-state index in [1.165, 1.54) is 0 Å². The summed E-state index contributed by atoms with van der Waals surface area (Å²) in [6.45, 7) is 3.24. The molecule has 0 aromatic heterocycles. The van der Waals surface area contributed by atoms with E-state index in [0.717, 1.165) is 5.56 Å². The highest BCUT2D eigenvalue weighted by atomic mass is 32.2. The highest BCUT2D eigenvalue weighted by Crippen LogP contribution is 2.29. The van der Waals surface area contributed by atoms with Gasteiger partial charge in [0.25, 0.3) is 0 Å². The highest BCUT2D eigenvalue weighted by molar-refractivity contribution is 7.89. The predicted octanol–water partition coefficient (Wildman–Crippen LogP) is 1.06. The van der Waals surface area contributed by atoms with Crippen molar-refractivity contribution in [2.75, 3.05) is 26.4 Å². The van der Waals surface area contributed by atoms with Crippen LogP contribution in [0.25, 0.3) is 0 Å². The van der Waals surface area contributed by atoms with Crippen LogP contribution < -0.4 is 4.72 Å². The van der Waals surface area contributed by atoms with Crippen molar-refractivity contribution in [3.05, 3.63) is 29.8 Å². The smallest absolute Gasteiger partial charge is 0.240 e. The van der Waals surface area contributed by atoms with Gasteiger partial charge in [0, 0.05) is 25.2 Å². The molecule has 0 bridgehead atoms. The Hall–Kier alpha value is -0.950. The topological polar surface area (TPSA) is 75.6 Å². The van der Waals surface area contributed by atoms with Gasteiger partial charge in [0.15, 0.2) is 0 Å². The average molecular weight is 299 g/mol. The van der Waals surface area contributed by atoms with E-state index in [0.29, 0.717) is 26.1 Å². The first-order valence-electron chi connectivity index (χ1n) is 6.72. The average Bonchev–Trinajstić information content (AvgIpc) is 2.47. The van der Waals surface area contributed by atoms with Crippen LogP contribution in [0.3, 0.4) is 0 Å². The molecule has 1 aromatic rings. The van der Waals surface area contributed by atoms with E-state index in [2.05, 4.69) is 4.72 Å². The van der Waals surface area contributed by atoms with E-state index in [1.54, 1.807) is 24.3 Å². The summed E-state index contributed by atoms with van der Waals surface area (Å²) in [6.07, 6.45) is 1.33. The van der Waals surface area contributed by atoms with Crippen LogP contribution in [-0.2, 0) is 14.8 Å². The molecule has 0 saturated carbocycles. The van der Waals surface area contributed by atoms with Crippen LogP contribution in [0.2, 0.25) is 0 Å². The van der Waals surface area contributed by atoms with Crippen LogP contribution in [0.5, 0.6) is 0 Å². The molecule has 2 rings (SSSR count). The fourth-order valence-corrected chi connectivity index (χ4v) is 3.40. The summed E-state index contributed by atoms with van der Waals surface area (Å²) in [5.41, 5.74) is 0.607. The van der Waals surface area contributed by atoms with Crippen molar-refractivity contribution in [1.29, 1.82) is 0 Å². The number of aliphatic hydroxyl groups excluding tert-OH is 1. The maximum Gasteiger partial charge on any atom is 0.240 e. The van der Waals surface area contributed by atoms with E-state index in [9.17, 15) is 13.5 Å². The van der Waals surface area contributed by atoms with E-state index >= 15 is 0 Å². The Morgan fingerprint density at radius 1 is 1.25 bits per heavy atom. The molecule has 112 valence electrons. The molecule has 1 aliphatic heterocycles. The molecule has 1 saturated heterocycles. The molecule has 0 aliphatic carbocycles. The van der Waals surface area contributed by atoms with Gasteiger partial charge in [-0.3, -0.25) is 0 Å². The number of aliphatic hydroxyl groups is 1. The molecule has 1 aromatic carbocycles. The summed E-state index contributed by atoms with van der Waals surface area (Å²) in [5.74, 6) is 0. The second kappa shape index (κ2) is 6.22. The lowest BCUT2D eigenvalue weighted by Crippen LogP contribution is -2.43. The Labute approximate surface area is 120 Å². The normalized spacial score (nSPS) is 18.9. The van der Waals surface area contributed by atoms with Gasteiger partial charge in [0.2, 0.25) is 10.0 Å². The van der Waals surface area contributed by atoms with Crippen LogP contribution in [0, 0.1) is 12.3 Å². The third kappa shape index (κ3) is 3.58. The number of ether oxygens (including phenoxy) is 1. The van der Waals surface area contributed by atoms with Crippen LogP contribution in [0.15, 0.2) is 29.2 Å². The molecule has 1 fully saturated rings. The maximum absolute atomic E-state index is 12.2. The second-order valence-electron chi connectivity index (χ2n) is 5.41. The summed E-state index contributed by atoms with van der Waals surface area (Å²) >= 11 is 0. The molecule has 0 unspecified atom stereocenters. The third-order valence-electron chi connectivity index (χ3n) is 3.86. The summed E-state index contributed by atoms with van der Waals surface area (Å²) in [5, 5.41) is 9.55. The first kappa shape index (κ1) is 15.4. The molecule has 1 heterocycles. The fraction of sp³-hybridized carbons (Fsp3) is 0.571. The summed E-state index contributed by atoms with van der Waals surface area (Å²) in [4.78, 5) is 0.253. The minimum absolute atomic E-state index is 0.0349. The molecular weight excluding hydrogens is 278 g/mol. The van der Waals surface area contributed by atoms with Gasteiger partial charge in [-0.15, -0.1) is 0 Å². The maximum atomic E-state index is 12.2. The van der Waals surface area contributed by atoms with E-state index in [-0.39, 0.29) is 18.0 Å². The molecule has 0 amide bonds. The number of sulfonamides is 1. The number of benzene rings is 1. The predicted molar refractivity (Wildman–Crippen MR) is 75.9 cm³/mol. The molecule has 0 atom stereocenters. The molecule has 5 nitrogen and oxygen atoms in total.